The fraction of sp³-hybridized carbons (Fsp3) is 0.318. The van der Waals surface area contributed by atoms with E-state index in [2.05, 4.69) is 21.7 Å². The van der Waals surface area contributed by atoms with Crippen LogP contribution < -0.4 is 10.6 Å². The molecule has 1 atom stereocenters. The van der Waals surface area contributed by atoms with Crippen molar-refractivity contribution >= 4 is 27.4 Å². The van der Waals surface area contributed by atoms with Gasteiger partial charge in [0.05, 0.1) is 13.2 Å². The van der Waals surface area contributed by atoms with E-state index in [9.17, 15) is 9.50 Å². The van der Waals surface area contributed by atoms with Gasteiger partial charge in [-0.2, -0.15) is 0 Å². The van der Waals surface area contributed by atoms with E-state index in [1.165, 1.54) is 6.07 Å². The van der Waals surface area contributed by atoms with Gasteiger partial charge in [-0.25, -0.2) is 9.38 Å². The molecule has 0 radical (unpaired) electrons. The summed E-state index contributed by atoms with van der Waals surface area (Å²) < 4.78 is 19.9. The first-order chi connectivity index (χ1) is 14.1. The van der Waals surface area contributed by atoms with Crippen LogP contribution in [0.1, 0.15) is 29.0 Å². The van der Waals surface area contributed by atoms with Crippen LogP contribution in [-0.2, 0) is 17.9 Å². The zero-order chi connectivity index (χ0) is 20.6. The second kappa shape index (κ2) is 10.3. The van der Waals surface area contributed by atoms with E-state index in [-0.39, 0.29) is 12.4 Å². The molecule has 0 saturated carbocycles. The minimum absolute atomic E-state index is 0.225. The molecule has 1 aromatic heterocycles. The third-order valence-corrected chi connectivity index (χ3v) is 5.63. The van der Waals surface area contributed by atoms with Crippen molar-refractivity contribution in [1.82, 2.24) is 10.6 Å². The number of thiophene rings is 1. The van der Waals surface area contributed by atoms with Crippen molar-refractivity contribution in [3.8, 4) is 0 Å². The van der Waals surface area contributed by atoms with Gasteiger partial charge in [0.15, 0.2) is 5.96 Å². The van der Waals surface area contributed by atoms with Crippen molar-refractivity contribution in [1.29, 1.82) is 0 Å². The van der Waals surface area contributed by atoms with Gasteiger partial charge in [-0.3, -0.25) is 0 Å². The first-order valence-corrected chi connectivity index (χ1v) is 10.4. The zero-order valence-corrected chi connectivity index (χ0v) is 17.4. The summed E-state index contributed by atoms with van der Waals surface area (Å²) >= 11 is 1.59. The van der Waals surface area contributed by atoms with Crippen LogP contribution in [0.4, 0.5) is 4.39 Å². The average Bonchev–Trinajstić information content (AvgIpc) is 3.16. The molecule has 0 bridgehead atoms. The lowest BCUT2D eigenvalue weighted by Crippen LogP contribution is -2.39. The fourth-order valence-electron chi connectivity index (χ4n) is 2.97. The van der Waals surface area contributed by atoms with E-state index in [0.717, 1.165) is 20.5 Å². The summed E-state index contributed by atoms with van der Waals surface area (Å²) in [5, 5.41) is 18.0. The van der Waals surface area contributed by atoms with Gasteiger partial charge in [0.2, 0.25) is 0 Å². The molecule has 3 N–H and O–H groups in total. The van der Waals surface area contributed by atoms with Crippen LogP contribution in [0.5, 0.6) is 0 Å². The van der Waals surface area contributed by atoms with E-state index < -0.39 is 6.10 Å². The SMILES string of the molecule is CCNC(=NCc1ccc(F)c(COC)c1)NCC(O)c1cc2ccccc2s1. The Morgan fingerprint density at radius 2 is 2.03 bits per heavy atom. The predicted octanol–water partition coefficient (Wildman–Crippen LogP) is 3.98. The smallest absolute Gasteiger partial charge is 0.191 e. The average molecular weight is 416 g/mol. The number of benzene rings is 2. The maximum absolute atomic E-state index is 13.8. The molecular formula is C22H26FN3O2S. The van der Waals surface area contributed by atoms with Crippen molar-refractivity contribution in [2.24, 2.45) is 4.99 Å². The maximum Gasteiger partial charge on any atom is 0.191 e. The summed E-state index contributed by atoms with van der Waals surface area (Å²) in [4.78, 5) is 5.46. The number of aliphatic hydroxyl groups is 1. The summed E-state index contributed by atoms with van der Waals surface area (Å²) in [5.74, 6) is 0.321. The van der Waals surface area contributed by atoms with Gasteiger partial charge in [-0.15, -0.1) is 11.3 Å². The molecule has 1 heterocycles. The second-order valence-electron chi connectivity index (χ2n) is 6.64. The number of hydrogen-bond donors (Lipinski definition) is 3. The molecule has 0 aliphatic heterocycles. The monoisotopic (exact) mass is 415 g/mol. The molecule has 0 fully saturated rings. The lowest BCUT2D eigenvalue weighted by molar-refractivity contribution is 0.181. The van der Waals surface area contributed by atoms with E-state index in [4.69, 9.17) is 4.74 Å². The van der Waals surface area contributed by atoms with E-state index in [0.29, 0.717) is 31.2 Å². The Balaban J connectivity index is 1.63. The standard InChI is InChI=1S/C22H26FN3O2S/c1-3-24-22(25-12-15-8-9-18(23)17(10-15)14-28-2)26-13-19(27)21-11-16-6-4-5-7-20(16)29-21/h4-11,19,27H,3,12-14H2,1-2H3,(H2,24,25,26). The Kier molecular flexibility index (Phi) is 7.57. The number of nitrogens with one attached hydrogen (secondary N) is 2. The molecule has 0 spiro atoms. The number of aliphatic imine (C=N–C) groups is 1. The molecule has 7 heteroatoms. The number of aliphatic hydroxyl groups excluding tert-OH is 1. The largest absolute Gasteiger partial charge is 0.386 e. The van der Waals surface area contributed by atoms with Gasteiger partial charge in [0, 0.05) is 35.3 Å². The first kappa shape index (κ1) is 21.2. The minimum Gasteiger partial charge on any atom is -0.386 e. The Hall–Kier alpha value is -2.48. The number of halogens is 1. The number of fused-ring (bicyclic) bond motifs is 1. The molecule has 154 valence electrons. The van der Waals surface area contributed by atoms with Crippen LogP contribution in [0.2, 0.25) is 0 Å². The minimum atomic E-state index is -0.629. The van der Waals surface area contributed by atoms with E-state index in [1.807, 2.05) is 31.2 Å². The topological polar surface area (TPSA) is 65.9 Å². The zero-order valence-electron chi connectivity index (χ0n) is 16.6. The van der Waals surface area contributed by atoms with Crippen molar-refractivity contribution in [2.45, 2.75) is 26.2 Å². The number of rotatable bonds is 8. The number of ether oxygens (including phenoxy) is 1. The highest BCUT2D eigenvalue weighted by Gasteiger charge is 2.12. The summed E-state index contributed by atoms with van der Waals surface area (Å²) in [7, 11) is 1.54. The third kappa shape index (κ3) is 5.76. The van der Waals surface area contributed by atoms with Gasteiger partial charge in [0.25, 0.3) is 0 Å². The Morgan fingerprint density at radius 3 is 2.79 bits per heavy atom. The molecule has 0 aliphatic rings. The molecule has 5 nitrogen and oxygen atoms in total. The molecule has 29 heavy (non-hydrogen) atoms. The normalized spacial score (nSPS) is 12.9. The molecule has 0 saturated heterocycles. The molecule has 3 aromatic rings. The fourth-order valence-corrected chi connectivity index (χ4v) is 4.02. The second-order valence-corrected chi connectivity index (χ2v) is 7.75. The van der Waals surface area contributed by atoms with Crippen LogP contribution in [0.3, 0.4) is 0 Å². The van der Waals surface area contributed by atoms with Crippen molar-refractivity contribution in [3.05, 3.63) is 70.4 Å². The van der Waals surface area contributed by atoms with Crippen molar-refractivity contribution < 1.29 is 14.2 Å². The predicted molar refractivity (Wildman–Crippen MR) is 117 cm³/mol. The van der Waals surface area contributed by atoms with Gasteiger partial charge < -0.3 is 20.5 Å². The highest BCUT2D eigenvalue weighted by atomic mass is 32.1. The van der Waals surface area contributed by atoms with Crippen molar-refractivity contribution in [2.75, 3.05) is 20.2 Å². The number of guanidine groups is 1. The number of methoxy groups -OCH3 is 1. The lowest BCUT2D eigenvalue weighted by Gasteiger charge is -2.14. The van der Waals surface area contributed by atoms with Crippen LogP contribution in [0, 0.1) is 5.82 Å². The number of hydrogen-bond acceptors (Lipinski definition) is 4. The van der Waals surface area contributed by atoms with Gasteiger partial charge in [-0.1, -0.05) is 24.3 Å². The first-order valence-electron chi connectivity index (χ1n) is 9.55. The summed E-state index contributed by atoms with van der Waals surface area (Å²) in [5.41, 5.74) is 1.40. The molecule has 0 amide bonds. The summed E-state index contributed by atoms with van der Waals surface area (Å²) in [6.07, 6.45) is -0.629. The molecule has 3 rings (SSSR count). The lowest BCUT2D eigenvalue weighted by atomic mass is 10.1. The van der Waals surface area contributed by atoms with Crippen LogP contribution in [0.25, 0.3) is 10.1 Å². The van der Waals surface area contributed by atoms with Gasteiger partial charge >= 0.3 is 0 Å². The molecule has 2 aromatic carbocycles. The summed E-state index contributed by atoms with van der Waals surface area (Å²) in [6, 6.07) is 15.0. The van der Waals surface area contributed by atoms with Crippen LogP contribution in [0.15, 0.2) is 53.5 Å². The van der Waals surface area contributed by atoms with Gasteiger partial charge in [0.1, 0.15) is 11.9 Å². The maximum atomic E-state index is 13.8. The third-order valence-electron chi connectivity index (χ3n) is 4.41. The summed E-state index contributed by atoms with van der Waals surface area (Å²) in [6.45, 7) is 3.64. The van der Waals surface area contributed by atoms with Gasteiger partial charge in [-0.05, 0) is 42.1 Å². The van der Waals surface area contributed by atoms with Crippen LogP contribution in [-0.4, -0.2) is 31.3 Å². The number of nitrogens with zero attached hydrogens (tertiary/aromatic N) is 1. The van der Waals surface area contributed by atoms with E-state index in [1.54, 1.807) is 30.6 Å². The van der Waals surface area contributed by atoms with Crippen molar-refractivity contribution in [3.63, 3.8) is 0 Å². The quantitative estimate of drug-likeness (QED) is 0.385. The van der Waals surface area contributed by atoms with Crippen LogP contribution >= 0.6 is 11.3 Å². The highest BCUT2D eigenvalue weighted by Crippen LogP contribution is 2.29. The Labute approximate surface area is 174 Å². The van der Waals surface area contributed by atoms with E-state index >= 15 is 0 Å². The highest BCUT2D eigenvalue weighted by molar-refractivity contribution is 7.19. The Bertz CT molecular complexity index is 941. The molecule has 0 aliphatic carbocycles. The molecular weight excluding hydrogens is 389 g/mol. The molecule has 1 unspecified atom stereocenters. The Morgan fingerprint density at radius 1 is 1.21 bits per heavy atom.